The predicted octanol–water partition coefficient (Wildman–Crippen LogP) is 4.98. The van der Waals surface area contributed by atoms with Gasteiger partial charge in [0.05, 0.1) is 39.1 Å². The van der Waals surface area contributed by atoms with Crippen LogP contribution in [0.2, 0.25) is 0 Å². The van der Waals surface area contributed by atoms with E-state index >= 15 is 0 Å². The van der Waals surface area contributed by atoms with Crippen molar-refractivity contribution in [3.63, 3.8) is 0 Å². The van der Waals surface area contributed by atoms with Gasteiger partial charge in [0.2, 0.25) is 5.75 Å². The lowest BCUT2D eigenvalue weighted by molar-refractivity contribution is 0.0876. The molecule has 7 rings (SSSR count). The number of nitrogens with one attached hydrogen (secondary N) is 2. The fraction of sp³-hybridized carbons (Fsp3) is 0.385. The summed E-state index contributed by atoms with van der Waals surface area (Å²) in [4.78, 5) is 0. The van der Waals surface area contributed by atoms with E-state index in [1.54, 1.807) is 19.2 Å². The summed E-state index contributed by atoms with van der Waals surface area (Å²) in [6, 6.07) is 17.0. The molecule has 6 N–H and O–H groups in total. The smallest absolute Gasteiger partial charge is 0.200 e. The first kappa shape index (κ1) is 33.8. The molecule has 2 heterocycles. The molecule has 0 amide bonds. The van der Waals surface area contributed by atoms with E-state index in [2.05, 4.69) is 10.6 Å². The summed E-state index contributed by atoms with van der Waals surface area (Å²) in [5.74, 6) is 1.29. The zero-order valence-corrected chi connectivity index (χ0v) is 28.5. The van der Waals surface area contributed by atoms with Crippen LogP contribution in [-0.4, -0.2) is 67.7 Å². The number of aliphatic hydroxyl groups excluding tert-OH is 3. The molecule has 0 bridgehead atoms. The summed E-state index contributed by atoms with van der Waals surface area (Å²) < 4.78 is 29.9. The van der Waals surface area contributed by atoms with Gasteiger partial charge in [-0.3, -0.25) is 5.32 Å². The lowest BCUT2D eigenvalue weighted by Gasteiger charge is -2.39. The lowest BCUT2D eigenvalue weighted by atomic mass is 9.74. The number of ether oxygens (including phenoxy) is 5. The average molecular weight is 685 g/mol. The van der Waals surface area contributed by atoms with E-state index in [1.165, 1.54) is 7.11 Å². The molecule has 2 aliphatic heterocycles. The van der Waals surface area contributed by atoms with Crippen molar-refractivity contribution in [3.8, 4) is 45.6 Å². The summed E-state index contributed by atoms with van der Waals surface area (Å²) >= 11 is 0. The number of hydrogen-bond acceptors (Lipinski definition) is 11. The first-order valence-electron chi connectivity index (χ1n) is 17.1. The Labute approximate surface area is 291 Å². The maximum atomic E-state index is 12.2. The van der Waals surface area contributed by atoms with Crippen molar-refractivity contribution in [1.82, 2.24) is 5.32 Å². The van der Waals surface area contributed by atoms with E-state index in [0.717, 1.165) is 34.4 Å². The minimum atomic E-state index is -1.02. The maximum Gasteiger partial charge on any atom is 0.200 e. The second-order valence-electron chi connectivity index (χ2n) is 13.0. The molecule has 3 aliphatic rings. The molecule has 0 fully saturated rings. The van der Waals surface area contributed by atoms with Crippen LogP contribution in [0.4, 0.5) is 5.69 Å². The lowest BCUT2D eigenvalue weighted by Crippen LogP contribution is -2.29. The van der Waals surface area contributed by atoms with Gasteiger partial charge in [0, 0.05) is 58.5 Å². The first-order chi connectivity index (χ1) is 24.4. The highest BCUT2D eigenvalue weighted by atomic mass is 16.5. The summed E-state index contributed by atoms with van der Waals surface area (Å²) in [5, 5.41) is 51.0. The molecule has 4 aromatic rings. The van der Waals surface area contributed by atoms with Gasteiger partial charge in [-0.1, -0.05) is 37.3 Å². The van der Waals surface area contributed by atoms with Crippen LogP contribution in [0.15, 0.2) is 54.6 Å². The van der Waals surface area contributed by atoms with Crippen LogP contribution in [0.25, 0.3) is 11.1 Å². The fourth-order valence-corrected chi connectivity index (χ4v) is 7.49. The molecule has 0 saturated carbocycles. The van der Waals surface area contributed by atoms with E-state index < -0.39 is 18.2 Å². The predicted molar refractivity (Wildman–Crippen MR) is 188 cm³/mol. The number of aromatic hydroxyl groups is 1. The molecule has 4 aromatic carbocycles. The number of anilines is 1. The van der Waals surface area contributed by atoms with E-state index in [1.807, 2.05) is 49.4 Å². The third kappa shape index (κ3) is 6.04. The Morgan fingerprint density at radius 1 is 0.900 bits per heavy atom. The molecule has 11 nitrogen and oxygen atoms in total. The number of phenolic OH excluding ortho intramolecular Hbond substituents is 1. The Kier molecular flexibility index (Phi) is 9.65. The van der Waals surface area contributed by atoms with Gasteiger partial charge in [0.15, 0.2) is 17.7 Å². The molecule has 0 spiro atoms. The maximum absolute atomic E-state index is 12.2. The van der Waals surface area contributed by atoms with Crippen molar-refractivity contribution in [3.05, 3.63) is 88.0 Å². The van der Waals surface area contributed by atoms with E-state index in [0.29, 0.717) is 58.9 Å². The van der Waals surface area contributed by atoms with Crippen LogP contribution >= 0.6 is 0 Å². The first-order valence-corrected chi connectivity index (χ1v) is 17.1. The molecule has 264 valence electrons. The zero-order chi connectivity index (χ0) is 34.9. The van der Waals surface area contributed by atoms with Crippen LogP contribution in [-0.2, 0) is 19.3 Å². The number of aliphatic hydroxyl groups is 3. The number of methoxy groups -OCH3 is 2. The molecular formula is C39H44N2O9. The Balaban J connectivity index is 1.24. The average Bonchev–Trinajstić information content (AvgIpc) is 3.13. The van der Waals surface area contributed by atoms with Gasteiger partial charge >= 0.3 is 0 Å². The van der Waals surface area contributed by atoms with Gasteiger partial charge in [-0.2, -0.15) is 0 Å². The second-order valence-corrected chi connectivity index (χ2v) is 13.0. The number of benzene rings is 4. The van der Waals surface area contributed by atoms with Gasteiger partial charge in [-0.05, 0) is 54.6 Å². The van der Waals surface area contributed by atoms with Crippen LogP contribution in [0.3, 0.4) is 0 Å². The van der Waals surface area contributed by atoms with Crippen molar-refractivity contribution < 1.29 is 44.1 Å². The molecule has 11 heteroatoms. The number of fused-ring (bicyclic) bond motifs is 2. The van der Waals surface area contributed by atoms with Crippen molar-refractivity contribution in [1.29, 1.82) is 0 Å². The molecule has 0 aromatic heterocycles. The molecule has 1 aliphatic carbocycles. The monoisotopic (exact) mass is 684 g/mol. The van der Waals surface area contributed by atoms with Gasteiger partial charge in [-0.15, -0.1) is 0 Å². The number of rotatable bonds is 13. The summed E-state index contributed by atoms with van der Waals surface area (Å²) in [7, 11) is 3.10. The molecule has 0 radical (unpaired) electrons. The van der Waals surface area contributed by atoms with Crippen LogP contribution < -0.4 is 34.3 Å². The minimum Gasteiger partial charge on any atom is -0.502 e. The highest BCUT2D eigenvalue weighted by Gasteiger charge is 2.41. The Morgan fingerprint density at radius 2 is 1.66 bits per heavy atom. The third-order valence-electron chi connectivity index (χ3n) is 9.98. The van der Waals surface area contributed by atoms with Crippen molar-refractivity contribution in [2.75, 3.05) is 52.6 Å². The standard InChI is InChI=1S/C39H44N2O9/c1-4-40-20-50-30-16-28(46-2)24-10-11-25-33-27(41-39(45)36(30)35(24)33)15-29-34(25)37(43)26(19-49-29)23-13-31(47-3)38(44)32(14-23)48-18-22(17-42)12-21-8-6-5-7-9-21/h5-9,13-16,22,26,37,39-45H,4,10-12,17-20H2,1-3H3/t22-,26-,37-,39-/m0/s1. The zero-order valence-electron chi connectivity index (χ0n) is 28.5. The Bertz CT molecular complexity index is 1870. The van der Waals surface area contributed by atoms with E-state index in [-0.39, 0.29) is 49.7 Å². The highest BCUT2D eigenvalue weighted by Crippen LogP contribution is 2.57. The second kappa shape index (κ2) is 14.3. The molecule has 0 unspecified atom stereocenters. The van der Waals surface area contributed by atoms with Gasteiger partial charge in [-0.25, -0.2) is 0 Å². The Morgan fingerprint density at radius 3 is 2.40 bits per heavy atom. The van der Waals surface area contributed by atoms with E-state index in [4.69, 9.17) is 23.7 Å². The van der Waals surface area contributed by atoms with Gasteiger partial charge in [0.25, 0.3) is 0 Å². The minimum absolute atomic E-state index is 0.0859. The van der Waals surface area contributed by atoms with Gasteiger partial charge in [0.1, 0.15) is 24.0 Å². The third-order valence-corrected chi connectivity index (χ3v) is 9.98. The molecular weight excluding hydrogens is 640 g/mol. The summed E-state index contributed by atoms with van der Waals surface area (Å²) in [6.45, 7) is 3.23. The van der Waals surface area contributed by atoms with Crippen molar-refractivity contribution in [2.45, 2.75) is 44.4 Å². The largest absolute Gasteiger partial charge is 0.502 e. The quantitative estimate of drug-likeness (QED) is 0.0837. The molecule has 50 heavy (non-hydrogen) atoms. The summed E-state index contributed by atoms with van der Waals surface area (Å²) in [5.41, 5.74) is 7.44. The normalized spacial score (nSPS) is 19.0. The number of phenols is 1. The number of hydrogen-bond donors (Lipinski definition) is 6. The SMILES string of the molecule is CCNCOc1cc(OC)c2c3c1[C@H](O)Nc1cc4c(c(c1-3)CC2)[C@@H](O)[C@H](c1cc(OC)c(O)c(OC[C@H](CO)Cc2ccccc2)c1)CO4. The summed E-state index contributed by atoms with van der Waals surface area (Å²) in [6.07, 6.45) is -0.124. The van der Waals surface area contributed by atoms with E-state index in [9.17, 15) is 20.4 Å². The van der Waals surface area contributed by atoms with Crippen molar-refractivity contribution >= 4 is 5.69 Å². The van der Waals surface area contributed by atoms with Crippen LogP contribution in [0.1, 0.15) is 58.6 Å². The van der Waals surface area contributed by atoms with Crippen molar-refractivity contribution in [2.24, 2.45) is 5.92 Å². The van der Waals surface area contributed by atoms with Crippen LogP contribution in [0.5, 0.6) is 34.5 Å². The Hall–Kier alpha value is -4.68. The van der Waals surface area contributed by atoms with Crippen LogP contribution in [0, 0.1) is 5.92 Å². The molecule has 4 atom stereocenters. The topological polar surface area (TPSA) is 151 Å². The van der Waals surface area contributed by atoms with Gasteiger partial charge < -0.3 is 49.4 Å². The molecule has 0 saturated heterocycles. The fourth-order valence-electron chi connectivity index (χ4n) is 7.49. The highest BCUT2D eigenvalue weighted by molar-refractivity contribution is 5.93.